The number of rotatable bonds is 8. The Kier molecular flexibility index (Phi) is 15.9. The van der Waals surface area contributed by atoms with Crippen molar-refractivity contribution in [3.63, 3.8) is 0 Å². The van der Waals surface area contributed by atoms with Crippen LogP contribution in [0.25, 0.3) is 5.57 Å². The minimum Gasteiger partial charge on any atom is -0.353 e. The fourth-order valence-corrected chi connectivity index (χ4v) is 3.05. The molecule has 5 nitrogen and oxygen atoms in total. The molecule has 3 N–H and O–H groups in total. The van der Waals surface area contributed by atoms with Crippen molar-refractivity contribution in [3.8, 4) is 0 Å². The summed E-state index contributed by atoms with van der Waals surface area (Å²) >= 11 is 6.41. The van der Waals surface area contributed by atoms with E-state index in [0.717, 1.165) is 16.7 Å². The molecule has 0 saturated carbocycles. The van der Waals surface area contributed by atoms with Crippen molar-refractivity contribution in [2.24, 2.45) is 0 Å². The Morgan fingerprint density at radius 1 is 1.19 bits per heavy atom. The van der Waals surface area contributed by atoms with Crippen molar-refractivity contribution < 1.29 is 14.4 Å². The Labute approximate surface area is 190 Å². The van der Waals surface area contributed by atoms with Crippen LogP contribution >= 0.6 is 19.2 Å². The van der Waals surface area contributed by atoms with Crippen molar-refractivity contribution in [1.82, 2.24) is 9.97 Å². The molecule has 1 aromatic heterocycles. The van der Waals surface area contributed by atoms with Gasteiger partial charge >= 0.3 is 7.60 Å². The van der Waals surface area contributed by atoms with Crippen LogP contribution in [0.3, 0.4) is 0 Å². The molecule has 0 fully saturated rings. The molecule has 0 aliphatic rings. The lowest BCUT2D eigenvalue weighted by Crippen LogP contribution is -1.82. The third-order valence-electron chi connectivity index (χ3n) is 3.47. The Balaban J connectivity index is 0.00000110. The molecule has 0 saturated heterocycles. The smallest absolute Gasteiger partial charge is 0.325 e. The predicted octanol–water partition coefficient (Wildman–Crippen LogP) is 6.97. The predicted molar refractivity (Wildman–Crippen MR) is 133 cm³/mol. The van der Waals surface area contributed by atoms with E-state index >= 15 is 0 Å². The van der Waals surface area contributed by atoms with Gasteiger partial charge in [-0.05, 0) is 43.5 Å². The number of aromatic nitrogens is 2. The summed E-state index contributed by atoms with van der Waals surface area (Å²) in [7, 11) is -3.67. The minimum atomic E-state index is -3.67. The van der Waals surface area contributed by atoms with Crippen molar-refractivity contribution in [3.05, 3.63) is 108 Å². The van der Waals surface area contributed by atoms with Crippen LogP contribution < -0.4 is 0 Å². The topological polar surface area (TPSA) is 86.2 Å². The van der Waals surface area contributed by atoms with Crippen LogP contribution in [-0.4, -0.2) is 25.9 Å². The fourth-order valence-electron chi connectivity index (χ4n) is 2.24. The highest BCUT2D eigenvalue weighted by Crippen LogP contribution is 2.34. The van der Waals surface area contributed by atoms with Gasteiger partial charge in [-0.25, -0.2) is 4.98 Å². The second-order valence-electron chi connectivity index (χ2n) is 6.13. The van der Waals surface area contributed by atoms with Gasteiger partial charge in [-0.1, -0.05) is 79.8 Å². The zero-order valence-corrected chi connectivity index (χ0v) is 19.9. The second-order valence-corrected chi connectivity index (χ2v) is 8.31. The lowest BCUT2D eigenvalue weighted by atomic mass is 10.1. The van der Waals surface area contributed by atoms with Gasteiger partial charge < -0.3 is 14.8 Å². The average Bonchev–Trinajstić information content (AvgIpc) is 2.79. The lowest BCUT2D eigenvalue weighted by molar-refractivity contribution is 0.372. The van der Waals surface area contributed by atoms with Gasteiger partial charge in [0, 0.05) is 29.1 Å². The number of H-pyrrole nitrogens is 1. The maximum atomic E-state index is 9.93. The van der Waals surface area contributed by atoms with Gasteiger partial charge in [-0.2, -0.15) is 0 Å². The second kappa shape index (κ2) is 17.3. The number of aromatic amines is 1. The highest BCUT2D eigenvalue weighted by molar-refractivity contribution is 7.51. The molecule has 0 atom stereocenters. The first-order chi connectivity index (χ1) is 14.8. The van der Waals surface area contributed by atoms with E-state index in [1.165, 1.54) is 0 Å². The number of allylic oxidation sites excluding steroid dienone is 11. The Morgan fingerprint density at radius 2 is 1.90 bits per heavy atom. The number of hydrogen-bond donors (Lipinski definition) is 3. The fraction of sp³-hybridized carbons (Fsp3) is 0.208. The molecule has 0 aromatic carbocycles. The maximum Gasteiger partial charge on any atom is 0.325 e. The lowest BCUT2D eigenvalue weighted by Gasteiger charge is -2.02. The molecule has 0 unspecified atom stereocenters. The molecule has 1 rings (SSSR count). The van der Waals surface area contributed by atoms with Crippen LogP contribution in [-0.2, 0) is 4.57 Å². The van der Waals surface area contributed by atoms with E-state index in [9.17, 15) is 4.57 Å². The Morgan fingerprint density at radius 3 is 2.45 bits per heavy atom. The highest BCUT2D eigenvalue weighted by atomic mass is 35.5. The van der Waals surface area contributed by atoms with E-state index in [-0.39, 0.29) is 6.16 Å². The summed E-state index contributed by atoms with van der Waals surface area (Å²) in [5.74, 6) is 0. The molecule has 1 heterocycles. The zero-order valence-electron chi connectivity index (χ0n) is 18.3. The van der Waals surface area contributed by atoms with Crippen molar-refractivity contribution in [2.75, 3.05) is 6.16 Å². The number of halogens is 1. The molecule has 7 heteroatoms. The summed E-state index contributed by atoms with van der Waals surface area (Å²) in [5, 5.41) is 0.636. The molecule has 31 heavy (non-hydrogen) atoms. The molecule has 0 aliphatic heterocycles. The summed E-state index contributed by atoms with van der Waals surface area (Å²) < 4.78 is 9.93. The normalized spacial score (nSPS) is 12.7. The van der Waals surface area contributed by atoms with Gasteiger partial charge in [-0.15, -0.1) is 0 Å². The van der Waals surface area contributed by atoms with Crippen LogP contribution in [0, 0.1) is 0 Å². The monoisotopic (exact) mass is 462 g/mol. The zero-order chi connectivity index (χ0) is 23.5. The molecular weight excluding hydrogens is 431 g/mol. The Bertz CT molecular complexity index is 920. The van der Waals surface area contributed by atoms with E-state index in [1.807, 2.05) is 74.6 Å². The van der Waals surface area contributed by atoms with E-state index in [1.54, 1.807) is 31.7 Å². The summed E-state index contributed by atoms with van der Waals surface area (Å²) in [4.78, 5) is 23.3. The van der Waals surface area contributed by atoms with E-state index in [2.05, 4.69) is 16.5 Å². The quantitative estimate of drug-likeness (QED) is 0.287. The van der Waals surface area contributed by atoms with Crippen molar-refractivity contribution in [1.29, 1.82) is 0 Å². The Hall–Kier alpha value is -2.43. The molecule has 0 bridgehead atoms. The van der Waals surface area contributed by atoms with Crippen LogP contribution in [0.15, 0.2) is 97.7 Å². The first-order valence-corrected chi connectivity index (χ1v) is 12.0. The summed E-state index contributed by atoms with van der Waals surface area (Å²) in [6.07, 6.45) is 23.4. The highest BCUT2D eigenvalue weighted by Gasteiger charge is 2.08. The molecule has 168 valence electrons. The third kappa shape index (κ3) is 15.1. The van der Waals surface area contributed by atoms with Gasteiger partial charge in [0.2, 0.25) is 0 Å². The van der Waals surface area contributed by atoms with Crippen molar-refractivity contribution >= 4 is 24.8 Å². The third-order valence-corrected chi connectivity index (χ3v) is 4.82. The van der Waals surface area contributed by atoms with Gasteiger partial charge in [0.05, 0.1) is 6.33 Å². The van der Waals surface area contributed by atoms with Gasteiger partial charge in [0.25, 0.3) is 0 Å². The van der Waals surface area contributed by atoms with Gasteiger partial charge in [-0.3, -0.25) is 4.57 Å². The molecule has 0 aliphatic carbocycles. The average molecular weight is 463 g/mol. The maximum absolute atomic E-state index is 9.93. The van der Waals surface area contributed by atoms with Crippen LogP contribution in [0.4, 0.5) is 0 Å². The molecule has 0 radical (unpaired) electrons. The first kappa shape index (κ1) is 28.6. The number of hydrogen-bond acceptors (Lipinski definition) is 2. The van der Waals surface area contributed by atoms with Gasteiger partial charge in [0.15, 0.2) is 0 Å². The van der Waals surface area contributed by atoms with E-state index < -0.39 is 7.60 Å². The molecule has 0 amide bonds. The number of nitrogens with one attached hydrogen (secondary N) is 1. The standard InChI is InChI=1S/C21H23ClN2.C3H9O3P/c1-4-8-18(9-5-2)11-7-12-19(10-6-3)20-13-15-23-17-24-16-14-21(20)22;1-2-3-7(4,5)6/h4-17H,1H2,2-3H3,(H,23,24);2-3H2,1H3,(H2,4,5,6)/b9-5-,10-6-,11-7+,15-13?,16-14?,18-8+,19-12+,21-20?;. The van der Waals surface area contributed by atoms with Crippen LogP contribution in [0.1, 0.15) is 32.8 Å². The minimum absolute atomic E-state index is 0.00694. The van der Waals surface area contributed by atoms with E-state index in [4.69, 9.17) is 21.4 Å². The molecule has 1 aromatic rings. The van der Waals surface area contributed by atoms with Crippen molar-refractivity contribution in [2.45, 2.75) is 27.2 Å². The van der Waals surface area contributed by atoms with E-state index in [0.29, 0.717) is 11.4 Å². The summed E-state index contributed by atoms with van der Waals surface area (Å²) in [6.45, 7) is 9.43. The summed E-state index contributed by atoms with van der Waals surface area (Å²) in [6, 6.07) is 3.70. The molecular formula is C24H32ClN2O3P. The van der Waals surface area contributed by atoms with Gasteiger partial charge in [0.1, 0.15) is 0 Å². The SMILES string of the molecule is C=C/C=C(\C=C/C)/C=C/C=C(\C=C/C)c1ccnc[nH]ccc1Cl.CCCP(=O)(O)O. The number of nitrogens with zero attached hydrogens (tertiary/aromatic N) is 1. The summed E-state index contributed by atoms with van der Waals surface area (Å²) in [5.41, 5.74) is 2.97. The first-order valence-electron chi connectivity index (χ1n) is 9.81. The van der Waals surface area contributed by atoms with Crippen LogP contribution in [0.5, 0.6) is 0 Å². The molecule has 0 spiro atoms. The van der Waals surface area contributed by atoms with Crippen LogP contribution in [0.2, 0.25) is 5.02 Å². The largest absolute Gasteiger partial charge is 0.353 e.